The van der Waals surface area contributed by atoms with Gasteiger partial charge in [0.25, 0.3) is 0 Å². The second-order valence-corrected chi connectivity index (χ2v) is 6.81. The molecule has 0 atom stereocenters. The van der Waals surface area contributed by atoms with Crippen molar-refractivity contribution >= 4 is 29.9 Å². The second-order valence-electron chi connectivity index (χ2n) is 6.81. The fourth-order valence-electron chi connectivity index (χ4n) is 3.69. The summed E-state index contributed by atoms with van der Waals surface area (Å²) < 4.78 is 0. The average molecular weight is 428 g/mol. The van der Waals surface area contributed by atoms with Crippen LogP contribution in [0.3, 0.4) is 0 Å². The molecule has 1 N–H and O–H groups in total. The minimum absolute atomic E-state index is 0. The lowest BCUT2D eigenvalue weighted by atomic mass is 9.68. The van der Waals surface area contributed by atoms with Gasteiger partial charge in [-0.1, -0.05) is 6.42 Å². The highest BCUT2D eigenvalue weighted by Crippen LogP contribution is 2.47. The number of aryl methyl sites for hydroxylation is 1. The van der Waals surface area contributed by atoms with Gasteiger partial charge >= 0.3 is 0 Å². The number of likely N-dealkylation sites (tertiary alicyclic amines) is 1. The number of rotatable bonds is 4. The molecule has 1 aliphatic heterocycles. The van der Waals surface area contributed by atoms with Crippen molar-refractivity contribution in [2.24, 2.45) is 10.4 Å². The first-order valence-electron chi connectivity index (χ1n) is 8.65. The van der Waals surface area contributed by atoms with Gasteiger partial charge in [-0.15, -0.1) is 24.0 Å². The zero-order valence-electron chi connectivity index (χ0n) is 14.3. The molecule has 128 valence electrons. The molecule has 3 rings (SSSR count). The number of aliphatic imine (C=N–C) groups is 1. The van der Waals surface area contributed by atoms with Gasteiger partial charge < -0.3 is 10.2 Å². The molecule has 5 heteroatoms. The first-order chi connectivity index (χ1) is 10.7. The highest BCUT2D eigenvalue weighted by molar-refractivity contribution is 14.0. The zero-order chi connectivity index (χ0) is 15.4. The van der Waals surface area contributed by atoms with E-state index in [1.54, 1.807) is 0 Å². The minimum atomic E-state index is 0. The summed E-state index contributed by atoms with van der Waals surface area (Å²) in [5, 5.41) is 3.47. The summed E-state index contributed by atoms with van der Waals surface area (Å²) in [5.74, 6) is 1.11. The number of halogens is 1. The van der Waals surface area contributed by atoms with Crippen molar-refractivity contribution in [2.75, 3.05) is 26.2 Å². The average Bonchev–Trinajstić information content (AvgIpc) is 2.94. The predicted octanol–water partition coefficient (Wildman–Crippen LogP) is 3.39. The van der Waals surface area contributed by atoms with E-state index < -0.39 is 0 Å². The third-order valence-electron chi connectivity index (χ3n) is 5.27. The lowest BCUT2D eigenvalue weighted by Crippen LogP contribution is -2.42. The number of guanidine groups is 1. The Bertz CT molecular complexity index is 540. The number of hydrogen-bond donors (Lipinski definition) is 1. The van der Waals surface area contributed by atoms with E-state index in [4.69, 9.17) is 4.99 Å². The normalized spacial score (nSPS) is 19.4. The summed E-state index contributed by atoms with van der Waals surface area (Å²) in [6, 6.07) is 2.11. The van der Waals surface area contributed by atoms with Crippen LogP contribution in [0, 0.1) is 12.3 Å². The molecule has 0 amide bonds. The third kappa shape index (κ3) is 4.37. The maximum atomic E-state index is 4.87. The van der Waals surface area contributed by atoms with Crippen LogP contribution in [0.4, 0.5) is 0 Å². The van der Waals surface area contributed by atoms with E-state index in [2.05, 4.69) is 35.1 Å². The van der Waals surface area contributed by atoms with Crippen LogP contribution in [0.15, 0.2) is 23.5 Å². The fraction of sp³-hybridized carbons (Fsp3) is 0.667. The van der Waals surface area contributed by atoms with E-state index in [-0.39, 0.29) is 24.0 Å². The highest BCUT2D eigenvalue weighted by atomic mass is 127. The Morgan fingerprint density at radius 2 is 2.22 bits per heavy atom. The topological polar surface area (TPSA) is 40.5 Å². The molecule has 0 aromatic carbocycles. The molecule has 1 aromatic heterocycles. The Kier molecular flexibility index (Phi) is 6.68. The smallest absolute Gasteiger partial charge is 0.193 e. The van der Waals surface area contributed by atoms with E-state index in [1.165, 1.54) is 49.9 Å². The van der Waals surface area contributed by atoms with Crippen LogP contribution in [0.5, 0.6) is 0 Å². The van der Waals surface area contributed by atoms with E-state index in [0.29, 0.717) is 5.41 Å². The van der Waals surface area contributed by atoms with Gasteiger partial charge in [0.15, 0.2) is 5.96 Å². The Labute approximate surface area is 157 Å². The van der Waals surface area contributed by atoms with Crippen LogP contribution in [0.1, 0.15) is 43.7 Å². The molecule has 1 spiro atoms. The van der Waals surface area contributed by atoms with E-state index in [1.807, 2.05) is 12.4 Å². The molecule has 1 saturated heterocycles. The molecule has 0 bridgehead atoms. The molecule has 2 aliphatic rings. The van der Waals surface area contributed by atoms with Gasteiger partial charge in [-0.2, -0.15) is 0 Å². The van der Waals surface area contributed by atoms with Crippen molar-refractivity contribution in [3.05, 3.63) is 29.6 Å². The van der Waals surface area contributed by atoms with Crippen molar-refractivity contribution in [3.63, 3.8) is 0 Å². The molecular formula is C18H29IN4. The molecule has 2 fully saturated rings. The molecule has 4 nitrogen and oxygen atoms in total. The van der Waals surface area contributed by atoms with Crippen molar-refractivity contribution < 1.29 is 0 Å². The van der Waals surface area contributed by atoms with Gasteiger partial charge in [0.05, 0.1) is 0 Å². The molecule has 1 aromatic rings. The van der Waals surface area contributed by atoms with E-state index in [9.17, 15) is 0 Å². The van der Waals surface area contributed by atoms with Crippen molar-refractivity contribution in [1.29, 1.82) is 0 Å². The Balaban J connectivity index is 0.00000192. The molecule has 1 aliphatic carbocycles. The number of aromatic nitrogens is 1. The van der Waals surface area contributed by atoms with Crippen LogP contribution in [0.25, 0.3) is 0 Å². The first kappa shape index (κ1) is 18.5. The number of pyridine rings is 1. The minimum Gasteiger partial charge on any atom is -0.357 e. The van der Waals surface area contributed by atoms with E-state index in [0.717, 1.165) is 25.5 Å². The lowest BCUT2D eigenvalue weighted by Gasteiger charge is -2.38. The van der Waals surface area contributed by atoms with Crippen LogP contribution in [0.2, 0.25) is 0 Å². The molecule has 1 saturated carbocycles. The van der Waals surface area contributed by atoms with E-state index >= 15 is 0 Å². The van der Waals surface area contributed by atoms with Crippen molar-refractivity contribution in [1.82, 2.24) is 15.2 Å². The maximum Gasteiger partial charge on any atom is 0.193 e. The monoisotopic (exact) mass is 428 g/mol. The summed E-state index contributed by atoms with van der Waals surface area (Å²) >= 11 is 0. The van der Waals surface area contributed by atoms with Gasteiger partial charge in [-0.05, 0) is 62.1 Å². The van der Waals surface area contributed by atoms with Crippen LogP contribution in [-0.2, 0) is 6.42 Å². The highest BCUT2D eigenvalue weighted by Gasteiger charge is 2.43. The van der Waals surface area contributed by atoms with Crippen molar-refractivity contribution in [3.8, 4) is 0 Å². The second kappa shape index (κ2) is 8.31. The largest absolute Gasteiger partial charge is 0.357 e. The number of nitrogens with zero attached hydrogens (tertiary/aromatic N) is 3. The lowest BCUT2D eigenvalue weighted by molar-refractivity contribution is 0.151. The first-order valence-corrected chi connectivity index (χ1v) is 8.65. The Morgan fingerprint density at radius 1 is 1.39 bits per heavy atom. The molecule has 0 unspecified atom stereocenters. The summed E-state index contributed by atoms with van der Waals surface area (Å²) in [5.41, 5.74) is 3.24. The number of hydrogen-bond acceptors (Lipinski definition) is 2. The van der Waals surface area contributed by atoms with Gasteiger partial charge in [-0.3, -0.25) is 9.98 Å². The molecule has 2 heterocycles. The summed E-state index contributed by atoms with van der Waals surface area (Å²) in [6.07, 6.45) is 10.4. The van der Waals surface area contributed by atoms with Crippen molar-refractivity contribution in [2.45, 2.75) is 46.0 Å². The summed E-state index contributed by atoms with van der Waals surface area (Å²) in [4.78, 5) is 11.5. The van der Waals surface area contributed by atoms with Crippen LogP contribution >= 0.6 is 24.0 Å². The summed E-state index contributed by atoms with van der Waals surface area (Å²) in [7, 11) is 0. The van der Waals surface area contributed by atoms with Gasteiger partial charge in [-0.25, -0.2) is 0 Å². The zero-order valence-corrected chi connectivity index (χ0v) is 16.7. The standard InChI is InChI=1S/C18H28N4.HI/c1-3-20-17(22-12-9-18(14-22)7-4-8-18)21-11-6-16-5-10-19-13-15(16)2;/h5,10,13H,3-4,6-9,11-12,14H2,1-2H3,(H,20,21);1H. The molecule has 23 heavy (non-hydrogen) atoms. The van der Waals surface area contributed by atoms with Crippen LogP contribution in [-0.4, -0.2) is 42.0 Å². The number of nitrogens with one attached hydrogen (secondary N) is 1. The Morgan fingerprint density at radius 3 is 2.83 bits per heavy atom. The molecule has 0 radical (unpaired) electrons. The summed E-state index contributed by atoms with van der Waals surface area (Å²) in [6.45, 7) is 8.43. The SMILES string of the molecule is CCNC(=NCCc1ccncc1C)N1CCC2(CCC2)C1.I. The molecular weight excluding hydrogens is 399 g/mol. The van der Waals surface area contributed by atoms with Gasteiger partial charge in [0.1, 0.15) is 0 Å². The van der Waals surface area contributed by atoms with Crippen LogP contribution < -0.4 is 5.32 Å². The van der Waals surface area contributed by atoms with Gasteiger partial charge in [0.2, 0.25) is 0 Å². The Hall–Kier alpha value is -0.850. The quantitative estimate of drug-likeness (QED) is 0.454. The third-order valence-corrected chi connectivity index (χ3v) is 5.27. The van der Waals surface area contributed by atoms with Gasteiger partial charge in [0, 0.05) is 38.6 Å². The fourth-order valence-corrected chi connectivity index (χ4v) is 3.69. The predicted molar refractivity (Wildman–Crippen MR) is 107 cm³/mol. The maximum absolute atomic E-state index is 4.87.